The Balaban J connectivity index is 1.63. The molecule has 2 fully saturated rings. The third-order valence-electron chi connectivity index (χ3n) is 4.45. The molecule has 2 rings (SSSR count). The van der Waals surface area contributed by atoms with Crippen molar-refractivity contribution < 1.29 is 9.90 Å². The minimum absolute atomic E-state index is 0.176. The van der Waals surface area contributed by atoms with Crippen LogP contribution in [0.15, 0.2) is 0 Å². The van der Waals surface area contributed by atoms with Gasteiger partial charge in [-0.1, -0.05) is 0 Å². The fraction of sp³-hybridized carbons (Fsp3) is 0.929. The number of carbonyl (C=O) groups excluding carboxylic acids is 1. The number of nitrogens with one attached hydrogen (secondary N) is 1. The van der Waals surface area contributed by atoms with Crippen LogP contribution in [0.1, 0.15) is 32.1 Å². The molecule has 2 aliphatic rings. The Morgan fingerprint density at radius 1 is 1.37 bits per heavy atom. The van der Waals surface area contributed by atoms with E-state index in [0.717, 1.165) is 51.7 Å². The van der Waals surface area contributed by atoms with Crippen LogP contribution in [0.4, 0.5) is 0 Å². The fourth-order valence-electron chi connectivity index (χ4n) is 2.72. The molecular formula is C14H27N3O2. The largest absolute Gasteiger partial charge is 0.389 e. The van der Waals surface area contributed by atoms with Gasteiger partial charge in [0.1, 0.15) is 0 Å². The molecule has 0 atom stereocenters. The van der Waals surface area contributed by atoms with Gasteiger partial charge in [0.2, 0.25) is 5.91 Å². The molecule has 0 bridgehead atoms. The quantitative estimate of drug-likeness (QED) is 0.740. The van der Waals surface area contributed by atoms with Crippen molar-refractivity contribution >= 4 is 5.91 Å². The maximum absolute atomic E-state index is 11.6. The summed E-state index contributed by atoms with van der Waals surface area (Å²) in [5.41, 5.74) is -0.433. The van der Waals surface area contributed by atoms with Crippen molar-refractivity contribution in [1.82, 2.24) is 15.1 Å². The topological polar surface area (TPSA) is 55.8 Å². The van der Waals surface area contributed by atoms with Gasteiger partial charge in [-0.3, -0.25) is 9.69 Å². The number of likely N-dealkylation sites (N-methyl/N-ethyl adjacent to an activating group) is 1. The van der Waals surface area contributed by atoms with Crippen LogP contribution in [0, 0.1) is 0 Å². The molecule has 2 N–H and O–H groups in total. The highest BCUT2D eigenvalue weighted by atomic mass is 16.3. The Labute approximate surface area is 115 Å². The lowest BCUT2D eigenvalue weighted by atomic mass is 9.80. The zero-order chi connectivity index (χ0) is 13.9. The summed E-state index contributed by atoms with van der Waals surface area (Å²) in [6, 6.07) is 0.496. The number of piperidine rings is 1. The molecule has 110 valence electrons. The number of amides is 1. The first-order chi connectivity index (χ1) is 8.98. The number of aliphatic hydroxyl groups is 1. The second kappa shape index (κ2) is 6.20. The second-order valence-corrected chi connectivity index (χ2v) is 6.30. The van der Waals surface area contributed by atoms with E-state index < -0.39 is 5.60 Å². The van der Waals surface area contributed by atoms with E-state index in [2.05, 4.69) is 10.2 Å². The van der Waals surface area contributed by atoms with E-state index in [0.29, 0.717) is 12.6 Å². The molecule has 1 aliphatic heterocycles. The molecule has 0 unspecified atom stereocenters. The van der Waals surface area contributed by atoms with E-state index in [-0.39, 0.29) is 5.91 Å². The Kier molecular flexibility index (Phi) is 4.81. The fourth-order valence-corrected chi connectivity index (χ4v) is 2.72. The van der Waals surface area contributed by atoms with Crippen molar-refractivity contribution in [3.63, 3.8) is 0 Å². The molecule has 0 aromatic heterocycles. The molecule has 5 heteroatoms. The maximum atomic E-state index is 11.6. The Morgan fingerprint density at radius 2 is 2.00 bits per heavy atom. The van der Waals surface area contributed by atoms with Gasteiger partial charge in [0, 0.05) is 39.8 Å². The van der Waals surface area contributed by atoms with Crippen LogP contribution >= 0.6 is 0 Å². The van der Waals surface area contributed by atoms with Gasteiger partial charge in [-0.2, -0.15) is 0 Å². The molecule has 0 spiro atoms. The Hall–Kier alpha value is -0.650. The zero-order valence-electron chi connectivity index (χ0n) is 12.2. The van der Waals surface area contributed by atoms with E-state index in [1.54, 1.807) is 19.0 Å². The van der Waals surface area contributed by atoms with Gasteiger partial charge in [0.05, 0.1) is 12.1 Å². The predicted octanol–water partition coefficient (Wildman–Crippen LogP) is 0.0436. The summed E-state index contributed by atoms with van der Waals surface area (Å²) < 4.78 is 0. The summed E-state index contributed by atoms with van der Waals surface area (Å²) >= 11 is 0. The molecule has 1 saturated heterocycles. The number of rotatable bonds is 5. The first kappa shape index (κ1) is 14.8. The summed E-state index contributed by atoms with van der Waals surface area (Å²) in [5.74, 6) is 0.176. The third-order valence-corrected chi connectivity index (χ3v) is 4.45. The van der Waals surface area contributed by atoms with Crippen molar-refractivity contribution in [2.45, 2.75) is 43.7 Å². The van der Waals surface area contributed by atoms with Crippen LogP contribution in [0.5, 0.6) is 0 Å². The number of carbonyl (C=O) groups is 1. The molecule has 1 heterocycles. The normalized spacial score (nSPS) is 23.9. The molecule has 1 saturated carbocycles. The molecule has 0 radical (unpaired) electrons. The van der Waals surface area contributed by atoms with Gasteiger partial charge in [-0.05, 0) is 32.1 Å². The molecule has 19 heavy (non-hydrogen) atoms. The van der Waals surface area contributed by atoms with Crippen LogP contribution in [-0.4, -0.2) is 72.7 Å². The smallest absolute Gasteiger partial charge is 0.236 e. The monoisotopic (exact) mass is 269 g/mol. The summed E-state index contributed by atoms with van der Waals surface area (Å²) in [6.45, 7) is 3.20. The number of hydrogen-bond donors (Lipinski definition) is 2. The standard InChI is InChI=1S/C14H27N3O2/c1-16(2)13(18)10-17-8-4-12(5-9-17)15-11-14(19)6-3-7-14/h12,15,19H,3-11H2,1-2H3. The van der Waals surface area contributed by atoms with Crippen LogP contribution in [0.2, 0.25) is 0 Å². The first-order valence-corrected chi connectivity index (χ1v) is 7.37. The van der Waals surface area contributed by atoms with Crippen molar-refractivity contribution in [3.8, 4) is 0 Å². The van der Waals surface area contributed by atoms with Crippen molar-refractivity contribution in [3.05, 3.63) is 0 Å². The average Bonchev–Trinajstić information content (AvgIpc) is 2.35. The van der Waals surface area contributed by atoms with Gasteiger partial charge >= 0.3 is 0 Å². The molecule has 1 amide bonds. The van der Waals surface area contributed by atoms with Crippen LogP contribution in [-0.2, 0) is 4.79 Å². The summed E-state index contributed by atoms with van der Waals surface area (Å²) in [5, 5.41) is 13.5. The van der Waals surface area contributed by atoms with Gasteiger partial charge < -0.3 is 15.3 Å². The SMILES string of the molecule is CN(C)C(=O)CN1CCC(NCC2(O)CCC2)CC1. The van der Waals surface area contributed by atoms with Gasteiger partial charge in [0.25, 0.3) is 0 Å². The minimum atomic E-state index is -0.433. The number of hydrogen-bond acceptors (Lipinski definition) is 4. The van der Waals surface area contributed by atoms with E-state index in [4.69, 9.17) is 0 Å². The summed E-state index contributed by atoms with van der Waals surface area (Å²) in [4.78, 5) is 15.5. The lowest BCUT2D eigenvalue weighted by molar-refractivity contribution is -0.130. The number of nitrogens with zero attached hydrogens (tertiary/aromatic N) is 2. The van der Waals surface area contributed by atoms with E-state index in [1.165, 1.54) is 0 Å². The zero-order valence-corrected chi connectivity index (χ0v) is 12.2. The minimum Gasteiger partial charge on any atom is -0.389 e. The third kappa shape index (κ3) is 4.16. The molecule has 1 aliphatic carbocycles. The van der Waals surface area contributed by atoms with Crippen LogP contribution < -0.4 is 5.32 Å². The molecule has 5 nitrogen and oxygen atoms in total. The van der Waals surface area contributed by atoms with Crippen LogP contribution in [0.3, 0.4) is 0 Å². The molecular weight excluding hydrogens is 242 g/mol. The van der Waals surface area contributed by atoms with Gasteiger partial charge in [-0.25, -0.2) is 0 Å². The van der Waals surface area contributed by atoms with E-state index in [1.807, 2.05) is 0 Å². The maximum Gasteiger partial charge on any atom is 0.236 e. The first-order valence-electron chi connectivity index (χ1n) is 7.37. The van der Waals surface area contributed by atoms with Crippen molar-refractivity contribution in [1.29, 1.82) is 0 Å². The summed E-state index contributed by atoms with van der Waals surface area (Å²) in [7, 11) is 3.60. The van der Waals surface area contributed by atoms with Gasteiger partial charge in [-0.15, -0.1) is 0 Å². The number of likely N-dealkylation sites (tertiary alicyclic amines) is 1. The highest BCUT2D eigenvalue weighted by Crippen LogP contribution is 2.30. The molecule has 0 aromatic rings. The van der Waals surface area contributed by atoms with Gasteiger partial charge in [0.15, 0.2) is 0 Å². The predicted molar refractivity (Wildman–Crippen MR) is 75.0 cm³/mol. The van der Waals surface area contributed by atoms with Crippen LogP contribution in [0.25, 0.3) is 0 Å². The highest BCUT2D eigenvalue weighted by molar-refractivity contribution is 5.77. The molecule has 0 aromatic carbocycles. The van der Waals surface area contributed by atoms with Crippen molar-refractivity contribution in [2.24, 2.45) is 0 Å². The average molecular weight is 269 g/mol. The Morgan fingerprint density at radius 3 is 2.47 bits per heavy atom. The van der Waals surface area contributed by atoms with Crippen molar-refractivity contribution in [2.75, 3.05) is 40.3 Å². The second-order valence-electron chi connectivity index (χ2n) is 6.30. The lowest BCUT2D eigenvalue weighted by Crippen LogP contribution is -2.52. The summed E-state index contributed by atoms with van der Waals surface area (Å²) in [6.07, 6.45) is 5.17. The van der Waals surface area contributed by atoms with E-state index in [9.17, 15) is 9.90 Å². The lowest BCUT2D eigenvalue weighted by Gasteiger charge is -2.39. The highest BCUT2D eigenvalue weighted by Gasteiger charge is 2.34. The van der Waals surface area contributed by atoms with E-state index >= 15 is 0 Å². The Bertz CT molecular complexity index is 308.